The number of carboxylic acids is 1. The van der Waals surface area contributed by atoms with Crippen molar-refractivity contribution in [3.63, 3.8) is 0 Å². The van der Waals surface area contributed by atoms with E-state index in [1.807, 2.05) is 27.7 Å². The molecular weight excluding hydrogens is 350 g/mol. The van der Waals surface area contributed by atoms with E-state index in [0.717, 1.165) is 28.9 Å². The number of hydrogen-bond donors (Lipinski definition) is 4. The summed E-state index contributed by atoms with van der Waals surface area (Å²) < 4.78 is 0. The minimum absolute atomic E-state index is 0.0147. The van der Waals surface area contributed by atoms with Crippen LogP contribution in [0.25, 0.3) is 0 Å². The van der Waals surface area contributed by atoms with Gasteiger partial charge in [0.25, 0.3) is 0 Å². The Balaban J connectivity index is 2.07. The van der Waals surface area contributed by atoms with Crippen molar-refractivity contribution < 1.29 is 29.7 Å². The first-order valence-electron chi connectivity index (χ1n) is 8.56. The number of anilines is 1. The third kappa shape index (κ3) is 3.86. The van der Waals surface area contributed by atoms with Crippen molar-refractivity contribution >= 4 is 23.3 Å². The summed E-state index contributed by atoms with van der Waals surface area (Å²) in [6.45, 7) is 7.80. The number of hydrogen-bond acceptors (Lipinski definition) is 5. The van der Waals surface area contributed by atoms with Crippen LogP contribution in [-0.2, 0) is 9.59 Å². The molecule has 27 heavy (non-hydrogen) atoms. The molecule has 0 heterocycles. The van der Waals surface area contributed by atoms with Crippen molar-refractivity contribution in [3.05, 3.63) is 40.0 Å². The largest absolute Gasteiger partial charge is 0.506 e. The molecule has 0 aliphatic heterocycles. The third-order valence-electron chi connectivity index (χ3n) is 5.17. The molecule has 0 aromatic heterocycles. The van der Waals surface area contributed by atoms with Crippen LogP contribution in [0.4, 0.5) is 5.69 Å². The molecular formula is C20H23NO6. The van der Waals surface area contributed by atoms with Crippen LogP contribution in [0.3, 0.4) is 0 Å². The summed E-state index contributed by atoms with van der Waals surface area (Å²) in [5, 5.41) is 31.0. The Morgan fingerprint density at radius 2 is 1.67 bits per heavy atom. The van der Waals surface area contributed by atoms with Gasteiger partial charge in [-0.1, -0.05) is 12.5 Å². The van der Waals surface area contributed by atoms with E-state index >= 15 is 0 Å². The van der Waals surface area contributed by atoms with Gasteiger partial charge in [-0.3, -0.25) is 9.59 Å². The summed E-state index contributed by atoms with van der Waals surface area (Å²) in [5.41, 5.74) is 3.05. The molecule has 1 aliphatic carbocycles. The zero-order chi connectivity index (χ0) is 20.5. The predicted octanol–water partition coefficient (Wildman–Crippen LogP) is 3.39. The lowest BCUT2D eigenvalue weighted by atomic mass is 9.92. The smallest absolute Gasteiger partial charge is 0.339 e. The maximum absolute atomic E-state index is 12.6. The van der Waals surface area contributed by atoms with Crippen LogP contribution in [0.15, 0.2) is 34.4 Å². The minimum atomic E-state index is -1.39. The van der Waals surface area contributed by atoms with Crippen molar-refractivity contribution in [2.24, 2.45) is 5.92 Å². The van der Waals surface area contributed by atoms with E-state index in [1.165, 1.54) is 0 Å². The highest BCUT2D eigenvalue weighted by molar-refractivity contribution is 6.03. The number of phenolic OH excluding ortho intramolecular Hbond substituents is 1. The second-order valence-corrected chi connectivity index (χ2v) is 6.70. The van der Waals surface area contributed by atoms with Gasteiger partial charge in [-0.2, -0.15) is 0 Å². The molecule has 1 aromatic carbocycles. The molecule has 144 valence electrons. The van der Waals surface area contributed by atoms with Gasteiger partial charge in [-0.25, -0.2) is 4.79 Å². The Kier molecular flexibility index (Phi) is 5.73. The number of aromatic hydroxyl groups is 2. The van der Waals surface area contributed by atoms with Gasteiger partial charge in [-0.05, 0) is 44.1 Å². The summed E-state index contributed by atoms with van der Waals surface area (Å²) >= 11 is 0. The average molecular weight is 373 g/mol. The van der Waals surface area contributed by atoms with Crippen LogP contribution in [0.2, 0.25) is 0 Å². The lowest BCUT2D eigenvalue weighted by molar-refractivity contribution is -0.121. The first-order valence-corrected chi connectivity index (χ1v) is 8.56. The van der Waals surface area contributed by atoms with Gasteiger partial charge in [-0.15, -0.1) is 0 Å². The quantitative estimate of drug-likeness (QED) is 0.567. The molecule has 0 spiro atoms. The second kappa shape index (κ2) is 7.65. The fourth-order valence-electron chi connectivity index (χ4n) is 3.25. The number of allylic oxidation sites excluding steroid dienone is 4. The van der Waals surface area contributed by atoms with Gasteiger partial charge in [0.05, 0.1) is 0 Å². The SMILES string of the molecule is CC1=C(C)C(C)C(C(=O)CCC(=O)Nc2c(O)ccc(C(=O)O)c2O)=C1C. The molecule has 0 bridgehead atoms. The Morgan fingerprint density at radius 3 is 2.19 bits per heavy atom. The van der Waals surface area contributed by atoms with E-state index in [9.17, 15) is 24.6 Å². The number of aromatic carboxylic acids is 1. The molecule has 0 saturated heterocycles. The molecule has 1 aromatic rings. The molecule has 0 radical (unpaired) electrons. The molecule has 7 nitrogen and oxygen atoms in total. The van der Waals surface area contributed by atoms with Gasteiger partial charge in [0.2, 0.25) is 5.91 Å². The zero-order valence-corrected chi connectivity index (χ0v) is 15.7. The molecule has 0 fully saturated rings. The highest BCUT2D eigenvalue weighted by Crippen LogP contribution is 2.38. The second-order valence-electron chi connectivity index (χ2n) is 6.70. The Bertz CT molecular complexity index is 894. The lowest BCUT2D eigenvalue weighted by Gasteiger charge is -2.13. The number of rotatable bonds is 6. The zero-order valence-electron chi connectivity index (χ0n) is 15.7. The summed E-state index contributed by atoms with van der Waals surface area (Å²) in [4.78, 5) is 35.7. The molecule has 1 amide bonds. The van der Waals surface area contributed by atoms with Gasteiger partial charge >= 0.3 is 5.97 Å². The molecule has 0 saturated carbocycles. The topological polar surface area (TPSA) is 124 Å². The van der Waals surface area contributed by atoms with Crippen LogP contribution in [0.5, 0.6) is 11.5 Å². The molecule has 1 unspecified atom stereocenters. The number of carbonyl (C=O) groups is 3. The number of benzene rings is 1. The maximum atomic E-state index is 12.6. The Labute approximate surface area is 157 Å². The van der Waals surface area contributed by atoms with Crippen molar-refractivity contribution in [1.82, 2.24) is 0 Å². The molecule has 1 aliphatic rings. The van der Waals surface area contributed by atoms with E-state index in [4.69, 9.17) is 5.11 Å². The van der Waals surface area contributed by atoms with Crippen molar-refractivity contribution in [2.75, 3.05) is 5.32 Å². The van der Waals surface area contributed by atoms with E-state index in [-0.39, 0.29) is 30.2 Å². The number of carbonyl (C=O) groups excluding carboxylic acids is 2. The van der Waals surface area contributed by atoms with E-state index in [2.05, 4.69) is 5.32 Å². The number of carboxylic acid groups (broad SMARTS) is 1. The minimum Gasteiger partial charge on any atom is -0.506 e. The highest BCUT2D eigenvalue weighted by Gasteiger charge is 2.28. The average Bonchev–Trinajstić information content (AvgIpc) is 2.79. The Morgan fingerprint density at radius 1 is 1.04 bits per heavy atom. The van der Waals surface area contributed by atoms with Gasteiger partial charge in [0, 0.05) is 24.3 Å². The molecule has 4 N–H and O–H groups in total. The first-order chi connectivity index (χ1) is 12.6. The number of Topliss-reactive ketones (excluding diaryl/α,β-unsaturated/α-hetero) is 1. The van der Waals surface area contributed by atoms with Crippen LogP contribution in [-0.4, -0.2) is 33.0 Å². The highest BCUT2D eigenvalue weighted by atomic mass is 16.4. The monoisotopic (exact) mass is 373 g/mol. The summed E-state index contributed by atoms with van der Waals surface area (Å²) in [6, 6.07) is 2.09. The fraction of sp³-hybridized carbons (Fsp3) is 0.350. The van der Waals surface area contributed by atoms with Crippen LogP contribution in [0, 0.1) is 5.92 Å². The number of phenols is 2. The molecule has 7 heteroatoms. The summed E-state index contributed by atoms with van der Waals surface area (Å²) in [6.07, 6.45) is -0.180. The standard InChI is InChI=1S/C20H23NO6/c1-9-10(2)12(4)17(11(9)3)14(22)7-8-16(24)21-18-15(23)6-5-13(19(18)25)20(26)27/h5-6,11,23,25H,7-8H2,1-4H3,(H,21,24)(H,26,27). The summed E-state index contributed by atoms with van der Waals surface area (Å²) in [7, 11) is 0. The van der Waals surface area contributed by atoms with E-state index in [1.54, 1.807) is 0 Å². The van der Waals surface area contributed by atoms with Crippen molar-refractivity contribution in [1.29, 1.82) is 0 Å². The van der Waals surface area contributed by atoms with Gasteiger partial charge in [0.1, 0.15) is 17.0 Å². The van der Waals surface area contributed by atoms with Crippen LogP contribution >= 0.6 is 0 Å². The molecule has 2 rings (SSSR count). The van der Waals surface area contributed by atoms with E-state index in [0.29, 0.717) is 5.57 Å². The number of nitrogens with one attached hydrogen (secondary N) is 1. The molecule has 1 atom stereocenters. The first kappa shape index (κ1) is 20.2. The van der Waals surface area contributed by atoms with E-state index < -0.39 is 28.9 Å². The van der Waals surface area contributed by atoms with Crippen molar-refractivity contribution in [3.8, 4) is 11.5 Å². The van der Waals surface area contributed by atoms with Crippen LogP contribution < -0.4 is 5.32 Å². The van der Waals surface area contributed by atoms with Gasteiger partial charge in [0.15, 0.2) is 11.5 Å². The maximum Gasteiger partial charge on any atom is 0.339 e. The normalized spacial score (nSPS) is 16.7. The van der Waals surface area contributed by atoms with Gasteiger partial charge < -0.3 is 20.6 Å². The lowest BCUT2D eigenvalue weighted by Crippen LogP contribution is -2.16. The fourth-order valence-corrected chi connectivity index (χ4v) is 3.25. The predicted molar refractivity (Wildman–Crippen MR) is 99.8 cm³/mol. The van der Waals surface area contributed by atoms with Crippen molar-refractivity contribution in [2.45, 2.75) is 40.5 Å². The summed E-state index contributed by atoms with van der Waals surface area (Å²) in [5.74, 6) is -3.31. The van der Waals surface area contributed by atoms with Crippen LogP contribution in [0.1, 0.15) is 50.9 Å². The third-order valence-corrected chi connectivity index (χ3v) is 5.17. The number of amides is 1. The number of ketones is 1. The Hall–Kier alpha value is -3.09.